The second kappa shape index (κ2) is 42.2. The van der Waals surface area contributed by atoms with E-state index in [2.05, 4.69) is 63.3 Å². The summed E-state index contributed by atoms with van der Waals surface area (Å²) < 4.78 is 89.5. The predicted molar refractivity (Wildman–Crippen MR) is 511 cm³/mol. The van der Waals surface area contributed by atoms with Gasteiger partial charge in [0.15, 0.2) is 19.7 Å². The van der Waals surface area contributed by atoms with Crippen LogP contribution in [0.15, 0.2) is 138 Å². The number of hydrogen-bond donors (Lipinski definition) is 8. The third kappa shape index (κ3) is 21.4. The first-order chi connectivity index (χ1) is 62.5. The third-order valence-electron chi connectivity index (χ3n) is 25.6. The zero-order chi connectivity index (χ0) is 96.6. The molecule has 32 nitrogen and oxygen atoms in total. The van der Waals surface area contributed by atoms with Crippen molar-refractivity contribution in [3.8, 4) is 23.0 Å². The van der Waals surface area contributed by atoms with Gasteiger partial charge in [-0.05, 0) is 182 Å². The second-order valence-electron chi connectivity index (χ2n) is 34.2. The third-order valence-corrected chi connectivity index (χ3v) is 27.8. The first-order valence-corrected chi connectivity index (χ1v) is 47.7. The van der Waals surface area contributed by atoms with Crippen molar-refractivity contribution in [3.05, 3.63) is 241 Å². The number of methoxy groups -OCH3 is 6. The molecule has 1 aliphatic heterocycles. The molecule has 706 valence electrons. The Morgan fingerprint density at radius 1 is 0.409 bits per heavy atom. The van der Waals surface area contributed by atoms with Crippen LogP contribution in [0.4, 0.5) is 0 Å². The van der Waals surface area contributed by atoms with Crippen molar-refractivity contribution in [2.24, 2.45) is 5.92 Å². The summed E-state index contributed by atoms with van der Waals surface area (Å²) in [5.41, 5.74) is 11.6. The Balaban J connectivity index is 0.000000170. The number of piperidine rings is 1. The molecule has 1 aliphatic carbocycles. The van der Waals surface area contributed by atoms with E-state index < -0.39 is 19.7 Å². The molecule has 0 bridgehead atoms. The van der Waals surface area contributed by atoms with Crippen molar-refractivity contribution in [1.29, 1.82) is 0 Å². The first-order valence-electron chi connectivity index (χ1n) is 43.9. The molecule has 0 spiro atoms. The number of nitrogens with zero attached hydrogens (tertiary/aromatic N) is 5. The van der Waals surface area contributed by atoms with Crippen molar-refractivity contribution in [2.45, 2.75) is 208 Å². The molecule has 12 aromatic rings. The number of fused-ring (bicyclic) bond motifs is 4. The standard InChI is InChI=1S/C27H34N4O4.2C24H31N3O6S.C23H27N3O3/c1-16-13-24(35-5)22(26(33)29-16)14-28-27(34)25-18(3)31(23-11-7-6-10-21(23)25)17(2)20-9-8-12-30(15-20)19(4)32;2*1-13-10-21(33-6)19(23(28)26-13)12-25-24(29)22-15(3)27(14(2)16(4)32-5)20-11-17(34(7,30)31)8-9-18(20)22;1-14-12-20(29-3)18(22(27)25-14)13-24-23(28)21-15(2)26(16-8-4-5-9-16)19-11-7-6-10-17(19)21/h6-7,10-11,13,17,20H,8-9,12,14-15H2,1-5H3,(H,28,34)(H,29,33);2*8-11,14,16H,12H2,1-7H3,(H,25,29)(H,26,28);6-7,10-12,16H,4-5,8-9,13H2,1-3H3,(H,24,28)(H,25,27). The Kier molecular flexibility index (Phi) is 31.9. The molecule has 8 N–H and O–H groups in total. The van der Waals surface area contributed by atoms with Gasteiger partial charge in [0.25, 0.3) is 45.9 Å². The average molecular weight is 1850 g/mol. The SMILES string of the molecule is COc1cc(C)[nH]c(=O)c1CNC(=O)c1c(C)n(C(C)C(C)OC)c2cc(S(C)(=O)=O)ccc12.COc1cc(C)[nH]c(=O)c1CNC(=O)c1c(C)n(C(C)C(C)OC)c2cc(S(C)(=O)=O)ccc12.COc1cc(C)[nH]c(=O)c1CNC(=O)c1c(C)n(C(C)C2CCCN(C(C)=O)C2)c2ccccc12.COc1cc(C)[nH]c(=O)c1CNC(=O)c1c(C)n(C2CCCC2)c2ccccc12. The van der Waals surface area contributed by atoms with Crippen LogP contribution in [0.3, 0.4) is 0 Å². The fraction of sp³-hybridized carbons (Fsp3) is 0.418. The molecule has 6 atom stereocenters. The molecular weight excluding hydrogens is 1730 g/mol. The number of likely N-dealkylation sites (tertiary alicyclic amines) is 1. The van der Waals surface area contributed by atoms with Crippen LogP contribution < -0.4 is 62.5 Å². The fourth-order valence-corrected chi connectivity index (χ4v) is 19.6. The number of nitrogens with one attached hydrogen (secondary N) is 8. The second-order valence-corrected chi connectivity index (χ2v) is 38.2. The monoisotopic (exact) mass is 1850 g/mol. The van der Waals surface area contributed by atoms with Crippen LogP contribution >= 0.6 is 0 Å². The van der Waals surface area contributed by atoms with Crippen LogP contribution in [0, 0.1) is 61.3 Å². The lowest BCUT2D eigenvalue weighted by Crippen LogP contribution is -2.41. The summed E-state index contributed by atoms with van der Waals surface area (Å²) in [4.78, 5) is 128. The maximum atomic E-state index is 13.5. The van der Waals surface area contributed by atoms with Gasteiger partial charge in [0.05, 0.1) is 144 Å². The molecule has 2 aliphatic rings. The lowest BCUT2D eigenvalue weighted by molar-refractivity contribution is -0.130. The predicted octanol–water partition coefficient (Wildman–Crippen LogP) is 13.5. The largest absolute Gasteiger partial charge is 0.496 e. The fourth-order valence-electron chi connectivity index (χ4n) is 18.3. The number of carbonyl (C=O) groups is 5. The highest BCUT2D eigenvalue weighted by molar-refractivity contribution is 7.91. The summed E-state index contributed by atoms with van der Waals surface area (Å²) in [6, 6.07) is 32.5. The number of aromatic amines is 4. The maximum absolute atomic E-state index is 13.5. The van der Waals surface area contributed by atoms with E-state index in [1.54, 1.807) is 97.4 Å². The quantitative estimate of drug-likeness (QED) is 0.0237. The van der Waals surface area contributed by atoms with Crippen molar-refractivity contribution in [1.82, 2.24) is 64.4 Å². The Labute approximate surface area is 767 Å². The molecule has 5 amide bonds. The smallest absolute Gasteiger partial charge is 0.256 e. The van der Waals surface area contributed by atoms with Gasteiger partial charge in [0.1, 0.15) is 23.0 Å². The van der Waals surface area contributed by atoms with Crippen molar-refractivity contribution >= 4 is 92.8 Å². The highest BCUT2D eigenvalue weighted by atomic mass is 32.2. The Hall–Kier alpha value is -12.8. The highest BCUT2D eigenvalue weighted by Gasteiger charge is 2.34. The summed E-state index contributed by atoms with van der Waals surface area (Å²) >= 11 is 0. The molecule has 132 heavy (non-hydrogen) atoms. The molecule has 14 rings (SSSR count). The van der Waals surface area contributed by atoms with Crippen LogP contribution in [0.1, 0.15) is 213 Å². The van der Waals surface area contributed by atoms with E-state index >= 15 is 0 Å². The first kappa shape index (κ1) is 99.8. The molecule has 0 radical (unpaired) electrons. The van der Waals surface area contributed by atoms with E-state index in [9.17, 15) is 60.0 Å². The number of ether oxygens (including phenoxy) is 6. The number of para-hydroxylation sites is 2. The van der Waals surface area contributed by atoms with Gasteiger partial charge in [-0.2, -0.15) is 0 Å². The van der Waals surface area contributed by atoms with Gasteiger partial charge in [0, 0.05) is 137 Å². The molecular formula is C98H123N13O19S2. The van der Waals surface area contributed by atoms with E-state index in [-0.39, 0.29) is 118 Å². The van der Waals surface area contributed by atoms with Gasteiger partial charge in [-0.3, -0.25) is 43.2 Å². The van der Waals surface area contributed by atoms with Crippen LogP contribution in [0.25, 0.3) is 43.6 Å². The van der Waals surface area contributed by atoms with Crippen molar-refractivity contribution < 1.29 is 69.2 Å². The number of amides is 5. The molecule has 34 heteroatoms. The Morgan fingerprint density at radius 2 is 0.727 bits per heavy atom. The van der Waals surface area contributed by atoms with Crippen molar-refractivity contribution in [2.75, 3.05) is 68.3 Å². The van der Waals surface area contributed by atoms with Gasteiger partial charge in [-0.1, -0.05) is 61.4 Å². The lowest BCUT2D eigenvalue weighted by Gasteiger charge is -2.36. The maximum Gasteiger partial charge on any atom is 0.256 e. The van der Waals surface area contributed by atoms with Crippen LogP contribution in [-0.4, -0.2) is 170 Å². The molecule has 2 fully saturated rings. The number of H-pyrrole nitrogens is 4. The molecule has 8 aromatic heterocycles. The minimum Gasteiger partial charge on any atom is -0.496 e. The van der Waals surface area contributed by atoms with Crippen molar-refractivity contribution in [3.63, 3.8) is 0 Å². The van der Waals surface area contributed by atoms with E-state index in [1.807, 2.05) is 112 Å². The van der Waals surface area contributed by atoms with Crippen LogP contribution in [0.5, 0.6) is 23.0 Å². The molecule has 4 aromatic carbocycles. The topological polar surface area (TPSA) is 412 Å². The molecule has 1 saturated carbocycles. The number of benzene rings is 4. The number of sulfone groups is 2. The number of aromatic nitrogens is 8. The zero-order valence-corrected chi connectivity index (χ0v) is 80.9. The molecule has 9 heterocycles. The Bertz CT molecular complexity index is 6660. The van der Waals surface area contributed by atoms with E-state index in [0.29, 0.717) is 130 Å². The average Bonchev–Trinajstić information content (AvgIpc) is 1.61. The van der Waals surface area contributed by atoms with Gasteiger partial charge >= 0.3 is 0 Å². The number of aryl methyl sites for hydroxylation is 4. The summed E-state index contributed by atoms with van der Waals surface area (Å²) in [5, 5.41) is 14.6. The molecule has 6 unspecified atom stereocenters. The van der Waals surface area contributed by atoms with E-state index in [0.717, 1.165) is 90.2 Å². The minimum absolute atomic E-state index is 0.0326. The summed E-state index contributed by atoms with van der Waals surface area (Å²) in [6.07, 6.45) is 8.69. The summed E-state index contributed by atoms with van der Waals surface area (Å²) in [5.74, 6) is 0.954. The number of carbonyl (C=O) groups excluding carboxylic acids is 5. The number of hydrogen-bond acceptors (Lipinski definition) is 19. The lowest BCUT2D eigenvalue weighted by atomic mass is 9.91. The minimum atomic E-state index is -3.45. The van der Waals surface area contributed by atoms with E-state index in [4.69, 9.17) is 28.4 Å². The van der Waals surface area contributed by atoms with E-state index in [1.165, 1.54) is 53.4 Å². The summed E-state index contributed by atoms with van der Waals surface area (Å²) in [6.45, 7) is 27.8. The van der Waals surface area contributed by atoms with Gasteiger partial charge < -0.3 is 92.8 Å². The summed E-state index contributed by atoms with van der Waals surface area (Å²) in [7, 11) is 2.28. The van der Waals surface area contributed by atoms with Gasteiger partial charge in [-0.15, -0.1) is 0 Å². The normalized spacial score (nSPS) is 14.7. The van der Waals surface area contributed by atoms with Gasteiger partial charge in [0.2, 0.25) is 5.91 Å². The molecule has 1 saturated heterocycles. The number of rotatable bonds is 27. The number of pyridine rings is 4. The van der Waals surface area contributed by atoms with Gasteiger partial charge in [-0.25, -0.2) is 16.8 Å². The Morgan fingerprint density at radius 3 is 1.06 bits per heavy atom. The zero-order valence-electron chi connectivity index (χ0n) is 79.2. The van der Waals surface area contributed by atoms with Crippen LogP contribution in [-0.2, 0) is 60.1 Å². The van der Waals surface area contributed by atoms with Crippen LogP contribution in [0.2, 0.25) is 0 Å². The highest BCUT2D eigenvalue weighted by Crippen LogP contribution is 2.41.